The largest absolute Gasteiger partial charge is 0.304 e. The average Bonchev–Trinajstić information content (AvgIpc) is 2.51. The maximum absolute atomic E-state index is 4.49. The fourth-order valence-corrected chi connectivity index (χ4v) is 2.36. The Morgan fingerprint density at radius 1 is 1.00 bits per heavy atom. The second-order valence-corrected chi connectivity index (χ2v) is 5.50. The molecule has 0 saturated heterocycles. The quantitative estimate of drug-likeness (QED) is 0.839. The third-order valence-electron chi connectivity index (χ3n) is 3.51. The molecule has 1 atom stereocenters. The molecule has 1 aromatic carbocycles. The predicted molar refractivity (Wildman–Crippen MR) is 87.3 cm³/mol. The van der Waals surface area contributed by atoms with Crippen molar-refractivity contribution in [2.24, 2.45) is 0 Å². The van der Waals surface area contributed by atoms with Crippen LogP contribution < -0.4 is 5.32 Å². The van der Waals surface area contributed by atoms with Crippen molar-refractivity contribution in [2.45, 2.75) is 46.1 Å². The summed E-state index contributed by atoms with van der Waals surface area (Å²) in [6.45, 7) is 7.35. The SMILES string of the molecule is CCCNC(c1ccc(CCC)cc1)c1ncc(C)cn1. The van der Waals surface area contributed by atoms with E-state index < -0.39 is 0 Å². The first-order valence-electron chi connectivity index (χ1n) is 7.85. The van der Waals surface area contributed by atoms with Crippen molar-refractivity contribution in [1.82, 2.24) is 15.3 Å². The minimum Gasteiger partial charge on any atom is -0.304 e. The summed E-state index contributed by atoms with van der Waals surface area (Å²) in [5.41, 5.74) is 3.71. The van der Waals surface area contributed by atoms with Crippen LogP contribution in [0.1, 0.15) is 55.2 Å². The summed E-state index contributed by atoms with van der Waals surface area (Å²) < 4.78 is 0. The zero-order chi connectivity index (χ0) is 15.1. The Hall–Kier alpha value is -1.74. The van der Waals surface area contributed by atoms with Crippen molar-refractivity contribution < 1.29 is 0 Å². The van der Waals surface area contributed by atoms with Crippen LogP contribution in [0.3, 0.4) is 0 Å². The minimum atomic E-state index is 0.0706. The van der Waals surface area contributed by atoms with Crippen molar-refractivity contribution in [3.63, 3.8) is 0 Å². The molecule has 0 aliphatic carbocycles. The van der Waals surface area contributed by atoms with E-state index >= 15 is 0 Å². The van der Waals surface area contributed by atoms with Crippen molar-refractivity contribution >= 4 is 0 Å². The molecule has 1 N–H and O–H groups in total. The molecule has 2 rings (SSSR count). The minimum absolute atomic E-state index is 0.0706. The van der Waals surface area contributed by atoms with Crippen molar-refractivity contribution in [3.05, 3.63) is 59.2 Å². The second-order valence-electron chi connectivity index (χ2n) is 5.50. The smallest absolute Gasteiger partial charge is 0.149 e. The molecule has 1 heterocycles. The normalized spacial score (nSPS) is 12.3. The Morgan fingerprint density at radius 3 is 2.24 bits per heavy atom. The fourth-order valence-electron chi connectivity index (χ4n) is 2.36. The van der Waals surface area contributed by atoms with E-state index in [1.807, 2.05) is 19.3 Å². The number of rotatable bonds is 7. The van der Waals surface area contributed by atoms with Gasteiger partial charge in [0.25, 0.3) is 0 Å². The van der Waals surface area contributed by atoms with Gasteiger partial charge < -0.3 is 5.32 Å². The molecule has 1 aromatic heterocycles. The molecule has 0 spiro atoms. The molecule has 0 radical (unpaired) electrons. The molecule has 0 amide bonds. The van der Waals surface area contributed by atoms with Crippen LogP contribution in [0, 0.1) is 6.92 Å². The van der Waals surface area contributed by atoms with Gasteiger partial charge in [0.2, 0.25) is 0 Å². The van der Waals surface area contributed by atoms with Crippen LogP contribution in [0.25, 0.3) is 0 Å². The van der Waals surface area contributed by atoms with Gasteiger partial charge in [0.15, 0.2) is 0 Å². The zero-order valence-corrected chi connectivity index (χ0v) is 13.3. The number of nitrogens with zero attached hydrogens (tertiary/aromatic N) is 2. The monoisotopic (exact) mass is 283 g/mol. The van der Waals surface area contributed by atoms with E-state index in [-0.39, 0.29) is 6.04 Å². The molecule has 0 aliphatic rings. The van der Waals surface area contributed by atoms with Crippen LogP contribution in [0.4, 0.5) is 0 Å². The standard InChI is InChI=1S/C18H25N3/c1-4-6-15-7-9-16(10-8-15)17(19-11-5-2)18-20-12-14(3)13-21-18/h7-10,12-13,17,19H,4-6,11H2,1-3H3. The first-order valence-corrected chi connectivity index (χ1v) is 7.85. The highest BCUT2D eigenvalue weighted by atomic mass is 15.0. The molecule has 1 unspecified atom stereocenters. The van der Waals surface area contributed by atoms with Gasteiger partial charge in [0.1, 0.15) is 5.82 Å². The van der Waals surface area contributed by atoms with Crippen molar-refractivity contribution in [2.75, 3.05) is 6.54 Å². The fraction of sp³-hybridized carbons (Fsp3) is 0.444. The van der Waals surface area contributed by atoms with Gasteiger partial charge in [-0.15, -0.1) is 0 Å². The summed E-state index contributed by atoms with van der Waals surface area (Å²) in [5.74, 6) is 0.845. The molecular weight excluding hydrogens is 258 g/mol. The van der Waals surface area contributed by atoms with E-state index in [0.717, 1.165) is 30.8 Å². The topological polar surface area (TPSA) is 37.8 Å². The number of nitrogens with one attached hydrogen (secondary N) is 1. The highest BCUT2D eigenvalue weighted by Gasteiger charge is 2.15. The van der Waals surface area contributed by atoms with Crippen LogP contribution in [-0.4, -0.2) is 16.5 Å². The molecule has 3 nitrogen and oxygen atoms in total. The third kappa shape index (κ3) is 4.36. The summed E-state index contributed by atoms with van der Waals surface area (Å²) >= 11 is 0. The van der Waals surface area contributed by atoms with Gasteiger partial charge in [-0.25, -0.2) is 9.97 Å². The lowest BCUT2D eigenvalue weighted by molar-refractivity contribution is 0.571. The summed E-state index contributed by atoms with van der Waals surface area (Å²) in [6, 6.07) is 8.89. The molecule has 0 bridgehead atoms. The number of benzene rings is 1. The summed E-state index contributed by atoms with van der Waals surface area (Å²) in [5, 5.41) is 3.55. The lowest BCUT2D eigenvalue weighted by Gasteiger charge is -2.18. The third-order valence-corrected chi connectivity index (χ3v) is 3.51. The maximum atomic E-state index is 4.49. The number of aromatic nitrogens is 2. The van der Waals surface area contributed by atoms with Crippen LogP contribution in [-0.2, 0) is 6.42 Å². The van der Waals surface area contributed by atoms with Crippen LogP contribution >= 0.6 is 0 Å². The van der Waals surface area contributed by atoms with Crippen molar-refractivity contribution in [3.8, 4) is 0 Å². The number of hydrogen-bond acceptors (Lipinski definition) is 3. The predicted octanol–water partition coefficient (Wildman–Crippen LogP) is 3.83. The van der Waals surface area contributed by atoms with Gasteiger partial charge in [-0.05, 0) is 43.0 Å². The van der Waals surface area contributed by atoms with E-state index in [1.54, 1.807) is 0 Å². The highest BCUT2D eigenvalue weighted by molar-refractivity contribution is 5.29. The van der Waals surface area contributed by atoms with Gasteiger partial charge in [0, 0.05) is 12.4 Å². The number of aryl methyl sites for hydroxylation is 2. The molecule has 21 heavy (non-hydrogen) atoms. The summed E-state index contributed by atoms with van der Waals surface area (Å²) in [7, 11) is 0. The molecule has 0 aliphatic heterocycles. The van der Waals surface area contributed by atoms with E-state index in [4.69, 9.17) is 0 Å². The van der Waals surface area contributed by atoms with Gasteiger partial charge in [-0.1, -0.05) is 44.5 Å². The van der Waals surface area contributed by atoms with Crippen LogP contribution in [0.2, 0.25) is 0 Å². The Balaban J connectivity index is 2.24. The molecule has 0 fully saturated rings. The number of hydrogen-bond donors (Lipinski definition) is 1. The molecular formula is C18H25N3. The highest BCUT2D eigenvalue weighted by Crippen LogP contribution is 2.20. The Morgan fingerprint density at radius 2 is 1.67 bits per heavy atom. The van der Waals surface area contributed by atoms with Crippen LogP contribution in [0.15, 0.2) is 36.7 Å². The van der Waals surface area contributed by atoms with Gasteiger partial charge >= 0.3 is 0 Å². The second kappa shape index (κ2) is 7.89. The lowest BCUT2D eigenvalue weighted by atomic mass is 10.0. The van der Waals surface area contributed by atoms with Crippen LogP contribution in [0.5, 0.6) is 0 Å². The Labute approximate surface area is 127 Å². The average molecular weight is 283 g/mol. The molecule has 0 saturated carbocycles. The van der Waals surface area contributed by atoms with E-state index in [1.165, 1.54) is 17.5 Å². The molecule has 2 aromatic rings. The van der Waals surface area contributed by atoms with Gasteiger partial charge in [-0.3, -0.25) is 0 Å². The summed E-state index contributed by atoms with van der Waals surface area (Å²) in [6.07, 6.45) is 7.17. The first kappa shape index (κ1) is 15.6. The molecule has 3 heteroatoms. The Bertz CT molecular complexity index is 531. The van der Waals surface area contributed by atoms with E-state index in [0.29, 0.717) is 0 Å². The lowest BCUT2D eigenvalue weighted by Crippen LogP contribution is -2.25. The Kier molecular flexibility index (Phi) is 5.88. The first-order chi connectivity index (χ1) is 10.2. The van der Waals surface area contributed by atoms with E-state index in [2.05, 4.69) is 53.4 Å². The van der Waals surface area contributed by atoms with Gasteiger partial charge in [-0.2, -0.15) is 0 Å². The molecule has 112 valence electrons. The zero-order valence-electron chi connectivity index (χ0n) is 13.3. The van der Waals surface area contributed by atoms with Crippen molar-refractivity contribution in [1.29, 1.82) is 0 Å². The van der Waals surface area contributed by atoms with Gasteiger partial charge in [0.05, 0.1) is 6.04 Å². The maximum Gasteiger partial charge on any atom is 0.149 e. The van der Waals surface area contributed by atoms with E-state index in [9.17, 15) is 0 Å². The summed E-state index contributed by atoms with van der Waals surface area (Å²) in [4.78, 5) is 8.99.